The number of nitrogens with zero attached hydrogens (tertiary/aromatic N) is 2. The molecule has 144 valence electrons. The average molecular weight is 368 g/mol. The molecule has 1 aliphatic heterocycles. The molecule has 1 aromatic heterocycles. The number of ether oxygens (including phenoxy) is 2. The van der Waals surface area contributed by atoms with Gasteiger partial charge in [0.2, 0.25) is 0 Å². The van der Waals surface area contributed by atoms with Gasteiger partial charge < -0.3 is 14.4 Å². The van der Waals surface area contributed by atoms with Crippen LogP contribution in [0.2, 0.25) is 0 Å². The SMILES string of the molecule is CC(C)c1cccc(OCC(=O)N(Cc2cccnc2)CC2CCCO2)c1. The van der Waals surface area contributed by atoms with Gasteiger partial charge in [-0.2, -0.15) is 0 Å². The lowest BCUT2D eigenvalue weighted by atomic mass is 10.0. The van der Waals surface area contributed by atoms with Crippen molar-refractivity contribution in [2.45, 2.75) is 45.3 Å². The molecule has 5 heteroatoms. The Morgan fingerprint density at radius 1 is 1.33 bits per heavy atom. The first-order valence-corrected chi connectivity index (χ1v) is 9.63. The Labute approximate surface area is 161 Å². The van der Waals surface area contributed by atoms with E-state index < -0.39 is 0 Å². The molecule has 0 spiro atoms. The van der Waals surface area contributed by atoms with E-state index in [9.17, 15) is 4.79 Å². The van der Waals surface area contributed by atoms with E-state index in [2.05, 4.69) is 24.9 Å². The highest BCUT2D eigenvalue weighted by Crippen LogP contribution is 2.20. The molecule has 1 fully saturated rings. The summed E-state index contributed by atoms with van der Waals surface area (Å²) in [6.07, 6.45) is 5.69. The molecule has 5 nitrogen and oxygen atoms in total. The Bertz CT molecular complexity index is 727. The molecule has 0 radical (unpaired) electrons. The van der Waals surface area contributed by atoms with E-state index in [1.54, 1.807) is 12.4 Å². The summed E-state index contributed by atoms with van der Waals surface area (Å²) in [6.45, 7) is 6.18. The van der Waals surface area contributed by atoms with Crippen molar-refractivity contribution < 1.29 is 14.3 Å². The topological polar surface area (TPSA) is 51.7 Å². The number of carbonyl (C=O) groups excluding carboxylic acids is 1. The maximum absolute atomic E-state index is 12.9. The highest BCUT2D eigenvalue weighted by Gasteiger charge is 2.23. The van der Waals surface area contributed by atoms with Crippen molar-refractivity contribution in [3.8, 4) is 5.75 Å². The second kappa shape index (κ2) is 9.51. The summed E-state index contributed by atoms with van der Waals surface area (Å²) in [5.74, 6) is 1.11. The normalized spacial score (nSPS) is 16.5. The van der Waals surface area contributed by atoms with Crippen LogP contribution < -0.4 is 4.74 Å². The lowest BCUT2D eigenvalue weighted by Gasteiger charge is -2.25. The van der Waals surface area contributed by atoms with Crippen LogP contribution in [0.15, 0.2) is 48.8 Å². The molecule has 1 aliphatic rings. The summed E-state index contributed by atoms with van der Waals surface area (Å²) in [5.41, 5.74) is 2.21. The maximum atomic E-state index is 12.9. The maximum Gasteiger partial charge on any atom is 0.260 e. The van der Waals surface area contributed by atoms with E-state index in [4.69, 9.17) is 9.47 Å². The van der Waals surface area contributed by atoms with Crippen LogP contribution in [0.4, 0.5) is 0 Å². The van der Waals surface area contributed by atoms with Crippen LogP contribution >= 0.6 is 0 Å². The Morgan fingerprint density at radius 3 is 2.93 bits per heavy atom. The summed E-state index contributed by atoms with van der Waals surface area (Å²) in [6, 6.07) is 11.8. The third kappa shape index (κ3) is 5.79. The van der Waals surface area contributed by atoms with Gasteiger partial charge >= 0.3 is 0 Å². The lowest BCUT2D eigenvalue weighted by Crippen LogP contribution is -2.39. The van der Waals surface area contributed by atoms with Gasteiger partial charge in [0.05, 0.1) is 6.10 Å². The van der Waals surface area contributed by atoms with Gasteiger partial charge in [0.1, 0.15) is 5.75 Å². The van der Waals surface area contributed by atoms with Crippen molar-refractivity contribution in [2.75, 3.05) is 19.8 Å². The van der Waals surface area contributed by atoms with Gasteiger partial charge in [-0.1, -0.05) is 32.0 Å². The van der Waals surface area contributed by atoms with E-state index in [-0.39, 0.29) is 18.6 Å². The number of rotatable bonds is 8. The highest BCUT2D eigenvalue weighted by atomic mass is 16.5. The Morgan fingerprint density at radius 2 is 2.22 bits per heavy atom. The number of carbonyl (C=O) groups is 1. The van der Waals surface area contributed by atoms with E-state index in [1.165, 1.54) is 5.56 Å². The minimum absolute atomic E-state index is 0.0224. The molecule has 27 heavy (non-hydrogen) atoms. The predicted octanol–water partition coefficient (Wildman–Crippen LogP) is 3.79. The van der Waals surface area contributed by atoms with Gasteiger partial charge in [-0.25, -0.2) is 0 Å². The van der Waals surface area contributed by atoms with Gasteiger partial charge in [0.25, 0.3) is 5.91 Å². The van der Waals surface area contributed by atoms with Crippen LogP contribution in [0.1, 0.15) is 43.7 Å². The van der Waals surface area contributed by atoms with E-state index >= 15 is 0 Å². The molecule has 0 bridgehead atoms. The first-order valence-electron chi connectivity index (χ1n) is 9.63. The second-order valence-electron chi connectivity index (χ2n) is 7.29. The first kappa shape index (κ1) is 19.4. The van der Waals surface area contributed by atoms with Crippen molar-refractivity contribution in [1.82, 2.24) is 9.88 Å². The number of hydrogen-bond donors (Lipinski definition) is 0. The summed E-state index contributed by atoms with van der Waals surface area (Å²) in [4.78, 5) is 18.8. The van der Waals surface area contributed by atoms with Crippen molar-refractivity contribution in [3.63, 3.8) is 0 Å². The standard InChI is InChI=1S/C22H28N2O3/c1-17(2)19-7-3-8-20(12-19)27-16-22(25)24(15-21-9-5-11-26-21)14-18-6-4-10-23-13-18/h3-4,6-8,10,12-13,17,21H,5,9,11,14-16H2,1-2H3. The Kier molecular flexibility index (Phi) is 6.82. The van der Waals surface area contributed by atoms with Crippen molar-refractivity contribution >= 4 is 5.91 Å². The Hall–Kier alpha value is -2.40. The average Bonchev–Trinajstić information content (AvgIpc) is 3.20. The number of amides is 1. The zero-order chi connectivity index (χ0) is 19.1. The van der Waals surface area contributed by atoms with Gasteiger partial charge in [-0.3, -0.25) is 9.78 Å². The third-order valence-electron chi connectivity index (χ3n) is 4.78. The van der Waals surface area contributed by atoms with Crippen LogP contribution in [0.5, 0.6) is 5.75 Å². The van der Waals surface area contributed by atoms with Gasteiger partial charge in [0.15, 0.2) is 6.61 Å². The molecule has 0 N–H and O–H groups in total. The van der Waals surface area contributed by atoms with Crippen LogP contribution in [0, 0.1) is 0 Å². The monoisotopic (exact) mass is 368 g/mol. The predicted molar refractivity (Wildman–Crippen MR) is 105 cm³/mol. The minimum atomic E-state index is -0.0377. The van der Waals surface area contributed by atoms with E-state index in [0.717, 1.165) is 30.8 Å². The summed E-state index contributed by atoms with van der Waals surface area (Å²) in [5, 5.41) is 0. The fraction of sp³-hybridized carbons (Fsp3) is 0.455. The lowest BCUT2D eigenvalue weighted by molar-refractivity contribution is -0.135. The van der Waals surface area contributed by atoms with Crippen LogP contribution in [-0.4, -0.2) is 41.7 Å². The highest BCUT2D eigenvalue weighted by molar-refractivity contribution is 5.77. The quantitative estimate of drug-likeness (QED) is 0.711. The molecule has 1 aromatic carbocycles. The van der Waals surface area contributed by atoms with Gasteiger partial charge in [-0.05, 0) is 48.1 Å². The molecular weight excluding hydrogens is 340 g/mol. The molecule has 0 aliphatic carbocycles. The largest absolute Gasteiger partial charge is 0.484 e. The molecule has 0 saturated carbocycles. The summed E-state index contributed by atoms with van der Waals surface area (Å²) < 4.78 is 11.5. The zero-order valence-electron chi connectivity index (χ0n) is 16.1. The minimum Gasteiger partial charge on any atom is -0.484 e. The van der Waals surface area contributed by atoms with Gasteiger partial charge in [0, 0.05) is 32.1 Å². The van der Waals surface area contributed by atoms with Crippen LogP contribution in [0.25, 0.3) is 0 Å². The summed E-state index contributed by atoms with van der Waals surface area (Å²) in [7, 11) is 0. The van der Waals surface area contributed by atoms with E-state index in [1.807, 2.05) is 35.2 Å². The molecule has 2 aromatic rings. The molecular formula is C22H28N2O3. The number of aromatic nitrogens is 1. The molecule has 3 rings (SSSR count). The molecule has 1 amide bonds. The van der Waals surface area contributed by atoms with Crippen molar-refractivity contribution in [2.24, 2.45) is 0 Å². The van der Waals surface area contributed by atoms with Crippen LogP contribution in [0.3, 0.4) is 0 Å². The van der Waals surface area contributed by atoms with Gasteiger partial charge in [-0.15, -0.1) is 0 Å². The zero-order valence-corrected chi connectivity index (χ0v) is 16.1. The molecule has 1 unspecified atom stereocenters. The first-order chi connectivity index (χ1) is 13.1. The Balaban J connectivity index is 1.63. The number of hydrogen-bond acceptors (Lipinski definition) is 4. The smallest absolute Gasteiger partial charge is 0.260 e. The molecule has 2 heterocycles. The van der Waals surface area contributed by atoms with Crippen molar-refractivity contribution in [1.29, 1.82) is 0 Å². The fourth-order valence-corrected chi connectivity index (χ4v) is 3.20. The fourth-order valence-electron chi connectivity index (χ4n) is 3.20. The molecule has 1 atom stereocenters. The molecule has 1 saturated heterocycles. The third-order valence-corrected chi connectivity index (χ3v) is 4.78. The second-order valence-corrected chi connectivity index (χ2v) is 7.29. The number of benzene rings is 1. The number of pyridine rings is 1. The van der Waals surface area contributed by atoms with Crippen molar-refractivity contribution in [3.05, 3.63) is 59.9 Å². The summed E-state index contributed by atoms with van der Waals surface area (Å²) >= 11 is 0. The van der Waals surface area contributed by atoms with E-state index in [0.29, 0.717) is 19.0 Å². The van der Waals surface area contributed by atoms with Crippen LogP contribution in [-0.2, 0) is 16.1 Å².